The first-order chi connectivity index (χ1) is 13.7. The van der Waals surface area contributed by atoms with Crippen molar-refractivity contribution < 1.29 is 4.42 Å². The molecule has 0 unspecified atom stereocenters. The predicted molar refractivity (Wildman–Crippen MR) is 110 cm³/mol. The Hall–Kier alpha value is -3.17. The number of benzene rings is 1. The zero-order valence-electron chi connectivity index (χ0n) is 14.7. The van der Waals surface area contributed by atoms with Crippen molar-refractivity contribution >= 4 is 33.3 Å². The van der Waals surface area contributed by atoms with E-state index < -0.39 is 0 Å². The topological polar surface area (TPSA) is 95.6 Å². The average molecular weight is 406 g/mol. The molecule has 0 aliphatic heterocycles. The summed E-state index contributed by atoms with van der Waals surface area (Å²) >= 11 is 3.00. The highest BCUT2D eigenvalue weighted by molar-refractivity contribution is 7.99. The van der Waals surface area contributed by atoms with Crippen LogP contribution in [0, 0.1) is 6.92 Å². The Morgan fingerprint density at radius 2 is 1.96 bits per heavy atom. The third-order valence-corrected chi connectivity index (χ3v) is 6.38. The summed E-state index contributed by atoms with van der Waals surface area (Å²) in [5, 5.41) is 10.8. The molecule has 0 radical (unpaired) electrons. The zero-order chi connectivity index (χ0) is 19.1. The lowest BCUT2D eigenvalue weighted by atomic mass is 10.2. The highest BCUT2D eigenvalue weighted by Gasteiger charge is 2.18. The molecule has 2 N–H and O–H groups in total. The van der Waals surface area contributed by atoms with Crippen LogP contribution in [0.3, 0.4) is 0 Å². The molecular formula is C19H14N6OS2. The molecule has 0 spiro atoms. The van der Waals surface area contributed by atoms with Gasteiger partial charge in [0, 0.05) is 10.3 Å². The molecule has 0 aliphatic rings. The van der Waals surface area contributed by atoms with E-state index in [-0.39, 0.29) is 0 Å². The molecular weight excluding hydrogens is 392 g/mol. The van der Waals surface area contributed by atoms with E-state index in [0.29, 0.717) is 11.0 Å². The number of aromatic nitrogens is 5. The highest BCUT2D eigenvalue weighted by Crippen LogP contribution is 2.38. The largest absolute Gasteiger partial charge is 0.469 e. The van der Waals surface area contributed by atoms with Gasteiger partial charge in [-0.1, -0.05) is 30.3 Å². The van der Waals surface area contributed by atoms with Crippen LogP contribution in [0.5, 0.6) is 0 Å². The van der Waals surface area contributed by atoms with Crippen molar-refractivity contribution in [2.45, 2.75) is 17.1 Å². The molecule has 4 aromatic heterocycles. The number of aryl methyl sites for hydroxylation is 1. The number of nitrogens with zero attached hydrogens (tertiary/aromatic N) is 5. The Balaban J connectivity index is 1.53. The summed E-state index contributed by atoms with van der Waals surface area (Å²) in [5.74, 6) is 7.53. The van der Waals surface area contributed by atoms with Gasteiger partial charge in [-0.25, -0.2) is 14.6 Å². The van der Waals surface area contributed by atoms with E-state index in [2.05, 4.69) is 38.4 Å². The van der Waals surface area contributed by atoms with Crippen molar-refractivity contribution in [1.82, 2.24) is 24.8 Å². The van der Waals surface area contributed by atoms with E-state index in [1.807, 2.05) is 31.2 Å². The maximum atomic E-state index is 6.24. The van der Waals surface area contributed by atoms with Crippen molar-refractivity contribution in [1.29, 1.82) is 0 Å². The van der Waals surface area contributed by atoms with Gasteiger partial charge in [-0.3, -0.25) is 0 Å². The van der Waals surface area contributed by atoms with Crippen LogP contribution in [0.2, 0.25) is 0 Å². The van der Waals surface area contributed by atoms with Gasteiger partial charge in [-0.05, 0) is 36.4 Å². The molecule has 0 aliphatic carbocycles. The number of hydrogen-bond donors (Lipinski definition) is 1. The van der Waals surface area contributed by atoms with Gasteiger partial charge >= 0.3 is 0 Å². The summed E-state index contributed by atoms with van der Waals surface area (Å²) < 4.78 is 6.80. The number of hydrogen-bond acceptors (Lipinski definition) is 8. The predicted octanol–water partition coefficient (Wildman–Crippen LogP) is 4.38. The van der Waals surface area contributed by atoms with Gasteiger partial charge in [0.25, 0.3) is 0 Å². The number of rotatable bonds is 4. The molecule has 1 aromatic carbocycles. The monoisotopic (exact) mass is 406 g/mol. The van der Waals surface area contributed by atoms with Crippen LogP contribution < -0.4 is 5.84 Å². The molecule has 0 bridgehead atoms. The van der Waals surface area contributed by atoms with Gasteiger partial charge in [-0.15, -0.1) is 21.5 Å². The molecule has 0 saturated heterocycles. The normalized spacial score (nSPS) is 11.3. The minimum atomic E-state index is 0.545. The molecule has 5 aromatic rings. The fraction of sp³-hybridized carbons (Fsp3) is 0.0526. The van der Waals surface area contributed by atoms with Crippen molar-refractivity contribution in [2.24, 2.45) is 0 Å². The Morgan fingerprint density at radius 3 is 2.75 bits per heavy atom. The third-order valence-electron chi connectivity index (χ3n) is 4.30. The lowest BCUT2D eigenvalue weighted by Gasteiger charge is -2.03. The summed E-state index contributed by atoms with van der Waals surface area (Å²) in [6.45, 7) is 1.86. The Kier molecular flexibility index (Phi) is 4.10. The molecule has 0 atom stereocenters. The molecule has 28 heavy (non-hydrogen) atoms. The molecule has 7 nitrogen and oxygen atoms in total. The van der Waals surface area contributed by atoms with Crippen LogP contribution in [-0.2, 0) is 0 Å². The average Bonchev–Trinajstić information content (AvgIpc) is 3.42. The maximum absolute atomic E-state index is 6.24. The minimum absolute atomic E-state index is 0.545. The summed E-state index contributed by atoms with van der Waals surface area (Å²) in [4.78, 5) is 10.9. The minimum Gasteiger partial charge on any atom is -0.469 e. The quantitative estimate of drug-likeness (QED) is 0.349. The van der Waals surface area contributed by atoms with Gasteiger partial charge in [0.15, 0.2) is 5.82 Å². The van der Waals surface area contributed by atoms with E-state index in [4.69, 9.17) is 10.3 Å². The van der Waals surface area contributed by atoms with Gasteiger partial charge in [0.1, 0.15) is 21.9 Å². The number of fused-ring (bicyclic) bond motifs is 1. The number of furan rings is 1. The smallest absolute Gasteiger partial charge is 0.216 e. The lowest BCUT2D eigenvalue weighted by Crippen LogP contribution is -2.11. The lowest BCUT2D eigenvalue weighted by molar-refractivity contribution is 0.535. The van der Waals surface area contributed by atoms with Crippen LogP contribution in [0.15, 0.2) is 69.7 Å². The van der Waals surface area contributed by atoms with Gasteiger partial charge in [0.05, 0.1) is 11.8 Å². The SMILES string of the molecule is Cc1occc1-c1nnc(Sc2ncnc3sc(-c4ccccc4)cc23)n1N. The molecule has 5 rings (SSSR count). The van der Waals surface area contributed by atoms with E-state index in [1.165, 1.54) is 16.4 Å². The second-order valence-electron chi connectivity index (χ2n) is 6.04. The first kappa shape index (κ1) is 17.0. The summed E-state index contributed by atoms with van der Waals surface area (Å²) in [7, 11) is 0. The van der Waals surface area contributed by atoms with Crippen molar-refractivity contribution in [3.8, 4) is 21.8 Å². The third kappa shape index (κ3) is 2.85. The molecule has 4 heterocycles. The maximum Gasteiger partial charge on any atom is 0.216 e. The molecule has 138 valence electrons. The van der Waals surface area contributed by atoms with Crippen LogP contribution in [-0.4, -0.2) is 24.8 Å². The van der Waals surface area contributed by atoms with Crippen molar-refractivity contribution in [3.05, 3.63) is 60.8 Å². The fourth-order valence-corrected chi connectivity index (χ4v) is 4.77. The molecule has 0 fully saturated rings. The summed E-state index contributed by atoms with van der Waals surface area (Å²) in [6, 6.07) is 14.2. The van der Waals surface area contributed by atoms with E-state index in [9.17, 15) is 0 Å². The van der Waals surface area contributed by atoms with Crippen LogP contribution in [0.4, 0.5) is 0 Å². The first-order valence-corrected chi connectivity index (χ1v) is 10.1. The van der Waals surface area contributed by atoms with Gasteiger partial charge < -0.3 is 10.3 Å². The second-order valence-corrected chi connectivity index (χ2v) is 8.03. The summed E-state index contributed by atoms with van der Waals surface area (Å²) in [5.41, 5.74) is 1.97. The first-order valence-electron chi connectivity index (χ1n) is 8.43. The standard InChI is InChI=1S/C19H14N6OS2/c1-11-13(7-8-26-11)16-23-24-19(25(16)20)28-18-14-9-15(12-5-3-2-4-6-12)27-17(14)21-10-22-18/h2-10H,20H2,1H3. The Morgan fingerprint density at radius 1 is 1.11 bits per heavy atom. The van der Waals surface area contributed by atoms with E-state index >= 15 is 0 Å². The molecule has 0 amide bonds. The Labute approximate surface area is 168 Å². The zero-order valence-corrected chi connectivity index (χ0v) is 16.4. The number of nitrogen functional groups attached to an aromatic ring is 1. The fourth-order valence-electron chi connectivity index (χ4n) is 2.89. The Bertz CT molecular complexity index is 1270. The van der Waals surface area contributed by atoms with Gasteiger partial charge in [0.2, 0.25) is 5.16 Å². The van der Waals surface area contributed by atoms with E-state index in [1.54, 1.807) is 23.9 Å². The number of nitrogens with two attached hydrogens (primary N) is 1. The molecule has 9 heteroatoms. The van der Waals surface area contributed by atoms with Crippen molar-refractivity contribution in [2.75, 3.05) is 5.84 Å². The van der Waals surface area contributed by atoms with E-state index in [0.717, 1.165) is 37.0 Å². The van der Waals surface area contributed by atoms with Crippen LogP contribution in [0.25, 0.3) is 32.0 Å². The van der Waals surface area contributed by atoms with Gasteiger partial charge in [-0.2, -0.15) is 0 Å². The van der Waals surface area contributed by atoms with Crippen molar-refractivity contribution in [3.63, 3.8) is 0 Å². The second kappa shape index (κ2) is 6.77. The van der Waals surface area contributed by atoms with Crippen LogP contribution >= 0.6 is 23.1 Å². The van der Waals surface area contributed by atoms with Crippen LogP contribution in [0.1, 0.15) is 5.76 Å². The summed E-state index contributed by atoms with van der Waals surface area (Å²) in [6.07, 6.45) is 3.17. The number of thiophene rings is 1. The highest BCUT2D eigenvalue weighted by atomic mass is 32.2. The molecule has 0 saturated carbocycles.